The maximum Gasteiger partial charge on any atom is 0.251 e. The highest BCUT2D eigenvalue weighted by molar-refractivity contribution is 7.99. The Balaban J connectivity index is 1.67. The van der Waals surface area contributed by atoms with Gasteiger partial charge in [0.2, 0.25) is 0 Å². The summed E-state index contributed by atoms with van der Waals surface area (Å²) in [6, 6.07) is 8.88. The monoisotopic (exact) mass is 292 g/mol. The van der Waals surface area contributed by atoms with E-state index < -0.39 is 0 Å². The van der Waals surface area contributed by atoms with Gasteiger partial charge < -0.3 is 14.5 Å². The Morgan fingerprint density at radius 2 is 1.95 bits per heavy atom. The third kappa shape index (κ3) is 4.62. The molecule has 20 heavy (non-hydrogen) atoms. The lowest BCUT2D eigenvalue weighted by molar-refractivity contribution is 0.318. The summed E-state index contributed by atoms with van der Waals surface area (Å²) in [5.41, 5.74) is -0.128. The van der Waals surface area contributed by atoms with Crippen molar-refractivity contribution in [3.63, 3.8) is 0 Å². The van der Waals surface area contributed by atoms with Gasteiger partial charge in [0.1, 0.15) is 11.5 Å². The number of thioether (sulfide) groups is 1. The Hall–Kier alpha value is -1.95. The molecule has 0 spiro atoms. The lowest BCUT2D eigenvalue weighted by Crippen LogP contribution is -2.06. The summed E-state index contributed by atoms with van der Waals surface area (Å²) >= 11 is 1.51. The number of nitrogens with one attached hydrogen (secondary N) is 1. The first-order valence-corrected chi connectivity index (χ1v) is 7.21. The summed E-state index contributed by atoms with van der Waals surface area (Å²) < 4.78 is 10.7. The van der Waals surface area contributed by atoms with E-state index in [4.69, 9.17) is 9.47 Å². The number of H-pyrrole nitrogens is 1. The zero-order valence-electron chi connectivity index (χ0n) is 11.2. The van der Waals surface area contributed by atoms with Gasteiger partial charge in [-0.1, -0.05) is 11.8 Å². The van der Waals surface area contributed by atoms with E-state index in [2.05, 4.69) is 9.97 Å². The van der Waals surface area contributed by atoms with Crippen LogP contribution in [-0.4, -0.2) is 29.4 Å². The van der Waals surface area contributed by atoms with Crippen molar-refractivity contribution in [2.75, 3.05) is 19.5 Å². The van der Waals surface area contributed by atoms with Crippen LogP contribution in [0, 0.1) is 0 Å². The Morgan fingerprint density at radius 1 is 1.20 bits per heavy atom. The van der Waals surface area contributed by atoms with E-state index in [1.807, 2.05) is 24.3 Å². The maximum absolute atomic E-state index is 11.1. The van der Waals surface area contributed by atoms with E-state index in [1.165, 1.54) is 24.0 Å². The fourth-order valence-electron chi connectivity index (χ4n) is 1.52. The molecule has 0 unspecified atom stereocenters. The fraction of sp³-hybridized carbons (Fsp3) is 0.286. The van der Waals surface area contributed by atoms with Crippen molar-refractivity contribution in [2.24, 2.45) is 0 Å². The van der Waals surface area contributed by atoms with Gasteiger partial charge in [-0.3, -0.25) is 4.79 Å². The third-order valence-corrected chi connectivity index (χ3v) is 3.48. The van der Waals surface area contributed by atoms with Crippen LogP contribution in [0.3, 0.4) is 0 Å². The van der Waals surface area contributed by atoms with Gasteiger partial charge in [-0.15, -0.1) is 0 Å². The molecule has 1 aromatic carbocycles. The molecule has 0 fully saturated rings. The van der Waals surface area contributed by atoms with Crippen LogP contribution in [0.1, 0.15) is 6.42 Å². The van der Waals surface area contributed by atoms with Gasteiger partial charge in [-0.05, 0) is 30.7 Å². The van der Waals surface area contributed by atoms with Crippen molar-refractivity contribution in [1.29, 1.82) is 0 Å². The predicted octanol–water partition coefficient (Wildman–Crippen LogP) is 2.34. The Labute approximate surface area is 121 Å². The Morgan fingerprint density at radius 3 is 2.65 bits per heavy atom. The molecule has 0 aliphatic carbocycles. The minimum atomic E-state index is -0.128. The zero-order valence-corrected chi connectivity index (χ0v) is 12.0. The molecule has 1 N–H and O–H groups in total. The molecule has 1 heterocycles. The van der Waals surface area contributed by atoms with Crippen molar-refractivity contribution in [3.05, 3.63) is 46.9 Å². The smallest absolute Gasteiger partial charge is 0.251 e. The third-order valence-electron chi connectivity index (χ3n) is 2.50. The summed E-state index contributed by atoms with van der Waals surface area (Å²) in [5.74, 6) is 2.47. The molecule has 0 aliphatic heterocycles. The van der Waals surface area contributed by atoms with E-state index in [0.29, 0.717) is 11.8 Å². The van der Waals surface area contributed by atoms with Crippen molar-refractivity contribution in [2.45, 2.75) is 11.6 Å². The number of hydrogen-bond acceptors (Lipinski definition) is 5. The Bertz CT molecular complexity index is 583. The predicted molar refractivity (Wildman–Crippen MR) is 78.7 cm³/mol. The van der Waals surface area contributed by atoms with E-state index >= 15 is 0 Å². The van der Waals surface area contributed by atoms with Crippen molar-refractivity contribution >= 4 is 11.8 Å². The molecule has 0 radical (unpaired) electrons. The van der Waals surface area contributed by atoms with Gasteiger partial charge in [0.25, 0.3) is 5.56 Å². The SMILES string of the molecule is COc1ccc(OCCCSc2nccc(=O)[nH]2)cc1. The molecular weight excluding hydrogens is 276 g/mol. The van der Waals surface area contributed by atoms with E-state index in [-0.39, 0.29) is 5.56 Å². The second kappa shape index (κ2) is 7.59. The maximum atomic E-state index is 11.1. The number of nitrogens with zero attached hydrogens (tertiary/aromatic N) is 1. The first kappa shape index (κ1) is 14.5. The molecule has 0 atom stereocenters. The molecule has 2 rings (SSSR count). The minimum Gasteiger partial charge on any atom is -0.497 e. The van der Waals surface area contributed by atoms with Gasteiger partial charge in [0, 0.05) is 18.0 Å². The van der Waals surface area contributed by atoms with Crippen LogP contribution in [0.25, 0.3) is 0 Å². The largest absolute Gasteiger partial charge is 0.497 e. The van der Waals surface area contributed by atoms with Crippen LogP contribution >= 0.6 is 11.8 Å². The number of aromatic amines is 1. The van der Waals surface area contributed by atoms with Gasteiger partial charge in [-0.25, -0.2) is 4.98 Å². The number of hydrogen-bond donors (Lipinski definition) is 1. The molecular formula is C14H16N2O3S. The van der Waals surface area contributed by atoms with Gasteiger partial charge in [0.15, 0.2) is 5.16 Å². The van der Waals surface area contributed by atoms with Crippen molar-refractivity contribution in [1.82, 2.24) is 9.97 Å². The molecule has 106 valence electrons. The first-order chi connectivity index (χ1) is 9.78. The van der Waals surface area contributed by atoms with E-state index in [0.717, 1.165) is 23.7 Å². The number of ether oxygens (including phenoxy) is 2. The van der Waals surface area contributed by atoms with E-state index in [9.17, 15) is 4.79 Å². The highest BCUT2D eigenvalue weighted by atomic mass is 32.2. The Kier molecular flexibility index (Phi) is 5.49. The highest BCUT2D eigenvalue weighted by Gasteiger charge is 1.98. The van der Waals surface area contributed by atoms with Crippen LogP contribution in [-0.2, 0) is 0 Å². The summed E-state index contributed by atoms with van der Waals surface area (Å²) in [5, 5.41) is 0.641. The van der Waals surface area contributed by atoms with Crippen LogP contribution < -0.4 is 15.0 Å². The first-order valence-electron chi connectivity index (χ1n) is 6.23. The molecule has 0 saturated carbocycles. The fourth-order valence-corrected chi connectivity index (χ4v) is 2.28. The molecule has 2 aromatic rings. The molecule has 0 aliphatic rings. The number of methoxy groups -OCH3 is 1. The number of aromatic nitrogens is 2. The van der Waals surface area contributed by atoms with Crippen LogP contribution in [0.4, 0.5) is 0 Å². The van der Waals surface area contributed by atoms with Crippen molar-refractivity contribution in [3.8, 4) is 11.5 Å². The number of benzene rings is 1. The van der Waals surface area contributed by atoms with Crippen LogP contribution in [0.5, 0.6) is 11.5 Å². The second-order valence-corrected chi connectivity index (χ2v) is 5.05. The number of rotatable bonds is 7. The summed E-state index contributed by atoms with van der Waals surface area (Å²) in [6.07, 6.45) is 2.38. The lowest BCUT2D eigenvalue weighted by atomic mass is 10.3. The highest BCUT2D eigenvalue weighted by Crippen LogP contribution is 2.17. The molecule has 5 nitrogen and oxygen atoms in total. The van der Waals surface area contributed by atoms with Crippen LogP contribution in [0.2, 0.25) is 0 Å². The molecule has 0 bridgehead atoms. The van der Waals surface area contributed by atoms with Crippen LogP contribution in [0.15, 0.2) is 46.5 Å². The van der Waals surface area contributed by atoms with Gasteiger partial charge in [0.05, 0.1) is 13.7 Å². The minimum absolute atomic E-state index is 0.128. The molecule has 1 aromatic heterocycles. The zero-order chi connectivity index (χ0) is 14.2. The average molecular weight is 292 g/mol. The molecule has 0 saturated heterocycles. The van der Waals surface area contributed by atoms with Gasteiger partial charge in [-0.2, -0.15) is 0 Å². The average Bonchev–Trinajstić information content (AvgIpc) is 2.48. The standard InChI is InChI=1S/C14H16N2O3S/c1-18-11-3-5-12(6-4-11)19-9-2-10-20-14-15-8-7-13(17)16-14/h3-8H,2,9-10H2,1H3,(H,15,16,17). The van der Waals surface area contributed by atoms with Crippen molar-refractivity contribution < 1.29 is 9.47 Å². The summed E-state index contributed by atoms with van der Waals surface area (Å²) in [7, 11) is 1.63. The molecule has 6 heteroatoms. The summed E-state index contributed by atoms with van der Waals surface area (Å²) in [4.78, 5) is 17.8. The molecule has 0 amide bonds. The topological polar surface area (TPSA) is 64.2 Å². The summed E-state index contributed by atoms with van der Waals surface area (Å²) in [6.45, 7) is 0.621. The van der Waals surface area contributed by atoms with Gasteiger partial charge >= 0.3 is 0 Å². The second-order valence-electron chi connectivity index (χ2n) is 3.97. The van der Waals surface area contributed by atoms with E-state index in [1.54, 1.807) is 7.11 Å². The lowest BCUT2D eigenvalue weighted by Gasteiger charge is -2.06. The normalized spacial score (nSPS) is 10.2. The quantitative estimate of drug-likeness (QED) is 0.482.